The third-order valence-corrected chi connectivity index (χ3v) is 4.22. The minimum atomic E-state index is -0.124. The van der Waals surface area contributed by atoms with Gasteiger partial charge in [0.15, 0.2) is 0 Å². The van der Waals surface area contributed by atoms with Crippen LogP contribution in [0.3, 0.4) is 0 Å². The van der Waals surface area contributed by atoms with E-state index >= 15 is 0 Å². The second-order valence-electron chi connectivity index (χ2n) is 5.08. The van der Waals surface area contributed by atoms with Crippen molar-refractivity contribution in [3.63, 3.8) is 0 Å². The van der Waals surface area contributed by atoms with Gasteiger partial charge in [-0.05, 0) is 25.1 Å². The number of hydrogen-bond acceptors (Lipinski definition) is 3. The minimum Gasteiger partial charge on any atom is -0.322 e. The Morgan fingerprint density at radius 3 is 2.43 bits per heavy atom. The van der Waals surface area contributed by atoms with Crippen molar-refractivity contribution in [2.24, 2.45) is 0 Å². The van der Waals surface area contributed by atoms with Gasteiger partial charge in [-0.2, -0.15) is 0 Å². The molecule has 116 valence electrons. The number of hydrogen-bond donors (Lipinski definition) is 2. The first-order chi connectivity index (χ1) is 10.0. The van der Waals surface area contributed by atoms with Crippen LogP contribution in [0.25, 0.3) is 0 Å². The van der Waals surface area contributed by atoms with Gasteiger partial charge in [-0.1, -0.05) is 41.7 Å². The average molecular weight is 351 g/mol. The van der Waals surface area contributed by atoms with Crippen molar-refractivity contribution in [1.82, 2.24) is 10.2 Å². The molecule has 4 nitrogen and oxygen atoms in total. The Balaban J connectivity index is 2.00. The van der Waals surface area contributed by atoms with Gasteiger partial charge in [-0.25, -0.2) is 0 Å². The SMILES string of the molecule is CCCN(CC(=O)Nc1c(Cl)cc(Cl)cc1Cl)C1CNC1. The van der Waals surface area contributed by atoms with Gasteiger partial charge in [0.25, 0.3) is 0 Å². The Labute approximate surface area is 139 Å². The minimum absolute atomic E-state index is 0.124. The second kappa shape index (κ2) is 7.65. The Morgan fingerprint density at radius 1 is 1.33 bits per heavy atom. The van der Waals surface area contributed by atoms with E-state index in [1.165, 1.54) is 0 Å². The molecule has 0 aliphatic carbocycles. The van der Waals surface area contributed by atoms with Crippen molar-refractivity contribution in [3.8, 4) is 0 Å². The molecule has 0 saturated carbocycles. The van der Waals surface area contributed by atoms with Crippen molar-refractivity contribution < 1.29 is 4.79 Å². The molecule has 1 aromatic carbocycles. The maximum Gasteiger partial charge on any atom is 0.238 e. The van der Waals surface area contributed by atoms with Gasteiger partial charge < -0.3 is 10.6 Å². The van der Waals surface area contributed by atoms with Gasteiger partial charge in [-0.15, -0.1) is 0 Å². The third kappa shape index (κ3) is 4.47. The lowest BCUT2D eigenvalue weighted by Crippen LogP contribution is -2.58. The second-order valence-corrected chi connectivity index (χ2v) is 6.33. The predicted molar refractivity (Wildman–Crippen MR) is 88.6 cm³/mol. The molecule has 0 radical (unpaired) electrons. The first-order valence-corrected chi connectivity index (χ1v) is 8.03. The molecule has 0 aromatic heterocycles. The molecule has 0 unspecified atom stereocenters. The Hall–Kier alpha value is -0.520. The van der Waals surface area contributed by atoms with Gasteiger partial charge in [0.1, 0.15) is 0 Å². The van der Waals surface area contributed by atoms with Crippen LogP contribution in [0.15, 0.2) is 12.1 Å². The molecular formula is C14H18Cl3N3O. The van der Waals surface area contributed by atoms with Crippen molar-refractivity contribution in [3.05, 3.63) is 27.2 Å². The number of nitrogens with one attached hydrogen (secondary N) is 2. The van der Waals surface area contributed by atoms with Crippen LogP contribution in [0.2, 0.25) is 15.1 Å². The van der Waals surface area contributed by atoms with Crippen LogP contribution in [0.5, 0.6) is 0 Å². The highest BCUT2D eigenvalue weighted by molar-refractivity contribution is 6.42. The number of carbonyl (C=O) groups excluding carboxylic acids is 1. The monoisotopic (exact) mass is 349 g/mol. The fraction of sp³-hybridized carbons (Fsp3) is 0.500. The zero-order valence-corrected chi connectivity index (χ0v) is 14.0. The molecular weight excluding hydrogens is 333 g/mol. The summed E-state index contributed by atoms with van der Waals surface area (Å²) in [4.78, 5) is 14.4. The van der Waals surface area contributed by atoms with E-state index in [1.54, 1.807) is 12.1 Å². The highest BCUT2D eigenvalue weighted by Crippen LogP contribution is 2.33. The van der Waals surface area contributed by atoms with Gasteiger partial charge in [0.05, 0.1) is 22.3 Å². The fourth-order valence-corrected chi connectivity index (χ4v) is 3.15. The molecule has 7 heteroatoms. The number of carbonyl (C=O) groups is 1. The lowest BCUT2D eigenvalue weighted by atomic mass is 10.1. The third-order valence-electron chi connectivity index (χ3n) is 3.41. The summed E-state index contributed by atoms with van der Waals surface area (Å²) in [5.41, 5.74) is 0.413. The van der Waals surface area contributed by atoms with E-state index in [0.717, 1.165) is 26.1 Å². The number of halogens is 3. The summed E-state index contributed by atoms with van der Waals surface area (Å²) in [6.07, 6.45) is 1.01. The zero-order valence-electron chi connectivity index (χ0n) is 11.8. The summed E-state index contributed by atoms with van der Waals surface area (Å²) in [5, 5.41) is 7.11. The number of anilines is 1. The van der Waals surface area contributed by atoms with Crippen LogP contribution >= 0.6 is 34.8 Å². The van der Waals surface area contributed by atoms with Crippen LogP contribution in [0.4, 0.5) is 5.69 Å². The predicted octanol–water partition coefficient (Wildman–Crippen LogP) is 3.27. The molecule has 21 heavy (non-hydrogen) atoms. The lowest BCUT2D eigenvalue weighted by molar-refractivity contribution is -0.118. The van der Waals surface area contributed by atoms with E-state index in [1.807, 2.05) is 0 Å². The number of nitrogens with zero attached hydrogens (tertiary/aromatic N) is 1. The molecule has 0 spiro atoms. The molecule has 1 saturated heterocycles. The van der Waals surface area contributed by atoms with E-state index in [2.05, 4.69) is 22.5 Å². The zero-order chi connectivity index (χ0) is 15.4. The maximum atomic E-state index is 12.2. The smallest absolute Gasteiger partial charge is 0.238 e. The summed E-state index contributed by atoms with van der Waals surface area (Å²) >= 11 is 18.0. The molecule has 1 aromatic rings. The fourth-order valence-electron chi connectivity index (χ4n) is 2.23. The van der Waals surface area contributed by atoms with Crippen molar-refractivity contribution in [2.45, 2.75) is 19.4 Å². The van der Waals surface area contributed by atoms with Crippen LogP contribution < -0.4 is 10.6 Å². The van der Waals surface area contributed by atoms with Crippen LogP contribution in [-0.2, 0) is 4.79 Å². The van der Waals surface area contributed by atoms with E-state index in [-0.39, 0.29) is 5.91 Å². The first-order valence-electron chi connectivity index (χ1n) is 6.90. The van der Waals surface area contributed by atoms with E-state index in [0.29, 0.717) is 33.3 Å². The molecule has 2 N–H and O–H groups in total. The van der Waals surface area contributed by atoms with E-state index < -0.39 is 0 Å². The lowest BCUT2D eigenvalue weighted by Gasteiger charge is -2.37. The number of amides is 1. The van der Waals surface area contributed by atoms with Gasteiger partial charge in [-0.3, -0.25) is 9.69 Å². The average Bonchev–Trinajstić information content (AvgIpc) is 2.31. The van der Waals surface area contributed by atoms with E-state index in [9.17, 15) is 4.79 Å². The quantitative estimate of drug-likeness (QED) is 0.827. The normalized spacial score (nSPS) is 15.1. The summed E-state index contributed by atoms with van der Waals surface area (Å²) < 4.78 is 0. The highest BCUT2D eigenvalue weighted by atomic mass is 35.5. The Morgan fingerprint density at radius 2 is 1.95 bits per heavy atom. The summed E-state index contributed by atoms with van der Waals surface area (Å²) in [6.45, 7) is 5.17. The molecule has 1 aliphatic heterocycles. The molecule has 1 amide bonds. The van der Waals surface area contributed by atoms with Crippen molar-refractivity contribution in [1.29, 1.82) is 0 Å². The van der Waals surface area contributed by atoms with Crippen LogP contribution in [-0.4, -0.2) is 43.0 Å². The van der Waals surface area contributed by atoms with Crippen LogP contribution in [0, 0.1) is 0 Å². The van der Waals surface area contributed by atoms with Gasteiger partial charge in [0, 0.05) is 24.2 Å². The molecule has 1 heterocycles. The number of rotatable bonds is 6. The largest absolute Gasteiger partial charge is 0.322 e. The van der Waals surface area contributed by atoms with Gasteiger partial charge >= 0.3 is 0 Å². The topological polar surface area (TPSA) is 44.4 Å². The molecule has 1 aliphatic rings. The summed E-state index contributed by atoms with van der Waals surface area (Å²) in [7, 11) is 0. The first kappa shape index (κ1) is 16.8. The van der Waals surface area contributed by atoms with Gasteiger partial charge in [0.2, 0.25) is 5.91 Å². The maximum absolute atomic E-state index is 12.2. The molecule has 0 atom stereocenters. The number of benzene rings is 1. The Kier molecular flexibility index (Phi) is 6.14. The Bertz CT molecular complexity index is 497. The summed E-state index contributed by atoms with van der Waals surface area (Å²) in [6, 6.07) is 3.54. The standard InChI is InChI=1S/C14H18Cl3N3O/c1-2-3-20(10-6-18-7-10)8-13(21)19-14-11(16)4-9(15)5-12(14)17/h4-5,10,18H,2-3,6-8H2,1H3,(H,19,21). The molecule has 0 bridgehead atoms. The van der Waals surface area contributed by atoms with Crippen molar-refractivity contribution >= 4 is 46.4 Å². The molecule has 1 fully saturated rings. The van der Waals surface area contributed by atoms with Crippen LogP contribution in [0.1, 0.15) is 13.3 Å². The summed E-state index contributed by atoms with van der Waals surface area (Å²) in [5.74, 6) is -0.124. The highest BCUT2D eigenvalue weighted by Gasteiger charge is 2.25. The molecule has 2 rings (SSSR count). The van der Waals surface area contributed by atoms with E-state index in [4.69, 9.17) is 34.8 Å². The van der Waals surface area contributed by atoms with Crippen molar-refractivity contribution in [2.75, 3.05) is 31.5 Å².